The largest absolute Gasteiger partial charge is 0.287 e. The van der Waals surface area contributed by atoms with E-state index >= 15 is 0 Å². The Bertz CT molecular complexity index is 578. The first kappa shape index (κ1) is 11.5. The molecule has 0 unspecified atom stereocenters. The summed E-state index contributed by atoms with van der Waals surface area (Å²) in [6, 6.07) is 9.67. The highest BCUT2D eigenvalue weighted by atomic mass is 19.1. The van der Waals surface area contributed by atoms with Crippen molar-refractivity contribution in [3.8, 4) is 0 Å². The van der Waals surface area contributed by atoms with Crippen molar-refractivity contribution in [2.75, 3.05) is 0 Å². The number of aromatic nitrogens is 1. The monoisotopic (exact) mass is 229 g/mol. The van der Waals surface area contributed by atoms with Crippen LogP contribution in [-0.4, -0.2) is 10.8 Å². The molecule has 0 radical (unpaired) electrons. The number of carbonyl (C=O) groups excluding carboxylic acids is 1. The molecule has 0 atom stereocenters. The summed E-state index contributed by atoms with van der Waals surface area (Å²) in [5.41, 5.74) is 1.96. The molecule has 0 fully saturated rings. The van der Waals surface area contributed by atoms with Crippen LogP contribution in [0, 0.1) is 19.7 Å². The van der Waals surface area contributed by atoms with Crippen LogP contribution in [0.5, 0.6) is 0 Å². The van der Waals surface area contributed by atoms with Gasteiger partial charge in [-0.1, -0.05) is 18.2 Å². The average Bonchev–Trinajstić information content (AvgIpc) is 2.32. The van der Waals surface area contributed by atoms with Gasteiger partial charge in [-0.15, -0.1) is 0 Å². The molecular weight excluding hydrogens is 217 g/mol. The first-order valence-electron chi connectivity index (χ1n) is 5.32. The number of aryl methyl sites for hydroxylation is 2. The molecule has 0 N–H and O–H groups in total. The number of halogens is 1. The maximum atomic E-state index is 13.4. The van der Waals surface area contributed by atoms with E-state index in [0.29, 0.717) is 16.8 Å². The van der Waals surface area contributed by atoms with Crippen LogP contribution in [0.25, 0.3) is 0 Å². The Morgan fingerprint density at radius 2 is 1.94 bits per heavy atom. The van der Waals surface area contributed by atoms with Crippen molar-refractivity contribution < 1.29 is 9.18 Å². The molecule has 17 heavy (non-hydrogen) atoms. The minimum Gasteiger partial charge on any atom is -0.287 e. The van der Waals surface area contributed by atoms with Gasteiger partial charge in [0, 0.05) is 11.3 Å². The van der Waals surface area contributed by atoms with Crippen molar-refractivity contribution >= 4 is 5.78 Å². The van der Waals surface area contributed by atoms with Crippen LogP contribution in [0.2, 0.25) is 0 Å². The molecule has 2 rings (SSSR count). The Morgan fingerprint density at radius 1 is 1.18 bits per heavy atom. The molecule has 0 amide bonds. The summed E-state index contributed by atoms with van der Waals surface area (Å²) in [4.78, 5) is 16.2. The van der Waals surface area contributed by atoms with E-state index in [1.807, 2.05) is 13.0 Å². The van der Waals surface area contributed by atoms with Crippen LogP contribution in [0.15, 0.2) is 36.4 Å². The van der Waals surface area contributed by atoms with Crippen molar-refractivity contribution in [2.24, 2.45) is 0 Å². The van der Waals surface area contributed by atoms with E-state index in [1.165, 1.54) is 6.07 Å². The molecule has 3 heteroatoms. The lowest BCUT2D eigenvalue weighted by atomic mass is 10.1. The lowest BCUT2D eigenvalue weighted by Crippen LogP contribution is -2.05. The standard InChI is InChI=1S/C14H12FNO/c1-9-6-7-11(8-12(9)15)14(17)13-5-3-4-10(2)16-13/h3-8H,1-2H3. The highest BCUT2D eigenvalue weighted by Gasteiger charge is 2.11. The number of carbonyl (C=O) groups is 1. The predicted molar refractivity (Wildman–Crippen MR) is 63.5 cm³/mol. The van der Waals surface area contributed by atoms with Crippen molar-refractivity contribution in [3.63, 3.8) is 0 Å². The first-order valence-corrected chi connectivity index (χ1v) is 5.32. The molecule has 0 aliphatic carbocycles. The quantitative estimate of drug-likeness (QED) is 0.741. The van der Waals surface area contributed by atoms with E-state index in [0.717, 1.165) is 5.69 Å². The first-order chi connectivity index (χ1) is 8.08. The van der Waals surface area contributed by atoms with Crippen LogP contribution < -0.4 is 0 Å². The second kappa shape index (κ2) is 4.45. The van der Waals surface area contributed by atoms with E-state index in [1.54, 1.807) is 31.2 Å². The number of benzene rings is 1. The van der Waals surface area contributed by atoms with Crippen molar-refractivity contribution in [1.29, 1.82) is 0 Å². The molecule has 1 aromatic carbocycles. The minimum atomic E-state index is -0.372. The fraction of sp³-hybridized carbons (Fsp3) is 0.143. The normalized spacial score (nSPS) is 10.3. The van der Waals surface area contributed by atoms with Crippen LogP contribution in [0.3, 0.4) is 0 Å². The molecule has 0 aliphatic heterocycles. The number of hydrogen-bond acceptors (Lipinski definition) is 2. The number of hydrogen-bond donors (Lipinski definition) is 0. The summed E-state index contributed by atoms with van der Waals surface area (Å²) in [5, 5.41) is 0. The van der Waals surface area contributed by atoms with Gasteiger partial charge in [0.15, 0.2) is 0 Å². The molecule has 86 valence electrons. The zero-order valence-electron chi connectivity index (χ0n) is 9.70. The Hall–Kier alpha value is -2.03. The van der Waals surface area contributed by atoms with Gasteiger partial charge in [0.2, 0.25) is 5.78 Å². The summed E-state index contributed by atoms with van der Waals surface area (Å²) >= 11 is 0. The molecule has 2 aromatic rings. The summed E-state index contributed by atoms with van der Waals surface area (Å²) < 4.78 is 13.4. The molecular formula is C14H12FNO. The SMILES string of the molecule is Cc1cccc(C(=O)c2ccc(C)c(F)c2)n1. The predicted octanol–water partition coefficient (Wildman–Crippen LogP) is 3.07. The van der Waals surface area contributed by atoms with Crippen molar-refractivity contribution in [2.45, 2.75) is 13.8 Å². The zero-order valence-corrected chi connectivity index (χ0v) is 9.70. The summed E-state index contributed by atoms with van der Waals surface area (Å²) in [5.74, 6) is -0.629. The maximum absolute atomic E-state index is 13.4. The van der Waals surface area contributed by atoms with E-state index < -0.39 is 0 Å². The lowest BCUT2D eigenvalue weighted by molar-refractivity contribution is 0.103. The van der Waals surface area contributed by atoms with Gasteiger partial charge in [-0.25, -0.2) is 9.37 Å². The van der Waals surface area contributed by atoms with Gasteiger partial charge in [-0.3, -0.25) is 4.79 Å². The third-order valence-corrected chi connectivity index (χ3v) is 2.55. The van der Waals surface area contributed by atoms with Crippen molar-refractivity contribution in [1.82, 2.24) is 4.98 Å². The second-order valence-corrected chi connectivity index (χ2v) is 3.96. The molecule has 0 spiro atoms. The van der Waals surface area contributed by atoms with Crippen LogP contribution >= 0.6 is 0 Å². The van der Waals surface area contributed by atoms with Gasteiger partial charge < -0.3 is 0 Å². The fourth-order valence-electron chi connectivity index (χ4n) is 1.55. The average molecular weight is 229 g/mol. The van der Waals surface area contributed by atoms with Crippen molar-refractivity contribution in [3.05, 3.63) is 64.7 Å². The highest BCUT2D eigenvalue weighted by molar-refractivity contribution is 6.07. The van der Waals surface area contributed by atoms with Gasteiger partial charge in [0.25, 0.3) is 0 Å². The summed E-state index contributed by atoms with van der Waals surface area (Å²) in [6.45, 7) is 3.47. The Morgan fingerprint density at radius 3 is 2.59 bits per heavy atom. The lowest BCUT2D eigenvalue weighted by Gasteiger charge is -2.03. The molecule has 0 bridgehead atoms. The van der Waals surface area contributed by atoms with E-state index in [4.69, 9.17) is 0 Å². The smallest absolute Gasteiger partial charge is 0.211 e. The summed E-state index contributed by atoms with van der Waals surface area (Å²) in [6.07, 6.45) is 0. The second-order valence-electron chi connectivity index (χ2n) is 3.96. The van der Waals surface area contributed by atoms with E-state index in [-0.39, 0.29) is 11.6 Å². The van der Waals surface area contributed by atoms with Crippen LogP contribution in [0.4, 0.5) is 4.39 Å². The third kappa shape index (κ3) is 2.38. The molecule has 0 saturated heterocycles. The number of nitrogens with zero attached hydrogens (tertiary/aromatic N) is 1. The Labute approximate surface area is 99.1 Å². The molecule has 0 saturated carbocycles. The number of rotatable bonds is 2. The third-order valence-electron chi connectivity index (χ3n) is 2.55. The van der Waals surface area contributed by atoms with Crippen LogP contribution in [-0.2, 0) is 0 Å². The van der Waals surface area contributed by atoms with E-state index in [2.05, 4.69) is 4.98 Å². The van der Waals surface area contributed by atoms with Gasteiger partial charge in [-0.05, 0) is 37.6 Å². The van der Waals surface area contributed by atoms with Crippen LogP contribution in [0.1, 0.15) is 27.3 Å². The Kier molecular flexibility index (Phi) is 3.00. The van der Waals surface area contributed by atoms with Gasteiger partial charge in [0.1, 0.15) is 11.5 Å². The van der Waals surface area contributed by atoms with Gasteiger partial charge >= 0.3 is 0 Å². The Balaban J connectivity index is 2.40. The molecule has 2 nitrogen and oxygen atoms in total. The summed E-state index contributed by atoms with van der Waals surface area (Å²) in [7, 11) is 0. The zero-order chi connectivity index (χ0) is 12.4. The molecule has 1 aromatic heterocycles. The van der Waals surface area contributed by atoms with Gasteiger partial charge in [-0.2, -0.15) is 0 Å². The van der Waals surface area contributed by atoms with Gasteiger partial charge in [0.05, 0.1) is 0 Å². The van der Waals surface area contributed by atoms with E-state index in [9.17, 15) is 9.18 Å². The molecule has 1 heterocycles. The minimum absolute atomic E-state index is 0.257. The molecule has 0 aliphatic rings. The highest BCUT2D eigenvalue weighted by Crippen LogP contribution is 2.13. The number of ketones is 1. The maximum Gasteiger partial charge on any atom is 0.211 e. The fourth-order valence-corrected chi connectivity index (χ4v) is 1.55. The number of pyridine rings is 1. The topological polar surface area (TPSA) is 30.0 Å².